The van der Waals surface area contributed by atoms with Crippen molar-refractivity contribution in [3.05, 3.63) is 10.4 Å². The van der Waals surface area contributed by atoms with Crippen molar-refractivity contribution < 1.29 is 14.2 Å². The molecule has 0 spiro atoms. The normalized spacial score (nSPS) is 45.1. The number of rotatable bonds is 2. The number of ether oxygens (including phenoxy) is 3. The fraction of sp³-hybridized carbons (Fsp3) is 1.00. The largest absolute Gasteiger partial charge is 0.378 e. The quantitative estimate of drug-likeness (QED) is 0.410. The van der Waals surface area contributed by atoms with Crippen LogP contribution in [0.4, 0.5) is 0 Å². The first-order valence-electron chi connectivity index (χ1n) is 5.43. The third-order valence-corrected chi connectivity index (χ3v) is 3.34. The fourth-order valence-corrected chi connectivity index (χ4v) is 2.67. The molecule has 0 radical (unpaired) electrons. The first kappa shape index (κ1) is 11.7. The van der Waals surface area contributed by atoms with Crippen molar-refractivity contribution in [2.24, 2.45) is 11.0 Å². The first-order valence-corrected chi connectivity index (χ1v) is 5.43. The van der Waals surface area contributed by atoms with Crippen LogP contribution in [-0.2, 0) is 14.2 Å². The molecule has 0 N–H and O–H groups in total. The van der Waals surface area contributed by atoms with Gasteiger partial charge in [0.25, 0.3) is 0 Å². The van der Waals surface area contributed by atoms with Gasteiger partial charge in [-0.3, -0.25) is 0 Å². The van der Waals surface area contributed by atoms with Gasteiger partial charge in [0, 0.05) is 12.0 Å². The first-order chi connectivity index (χ1) is 7.50. The van der Waals surface area contributed by atoms with Gasteiger partial charge in [0.1, 0.15) is 6.10 Å². The van der Waals surface area contributed by atoms with E-state index in [9.17, 15) is 0 Å². The molecule has 90 valence electrons. The van der Waals surface area contributed by atoms with E-state index >= 15 is 0 Å². The maximum atomic E-state index is 8.54. The molecule has 6 nitrogen and oxygen atoms in total. The molecule has 0 amide bonds. The Hall–Kier alpha value is -0.810. The average molecular weight is 227 g/mol. The number of methoxy groups -OCH3 is 1. The highest BCUT2D eigenvalue weighted by atomic mass is 16.8. The van der Waals surface area contributed by atoms with Crippen LogP contribution in [0.5, 0.6) is 0 Å². The van der Waals surface area contributed by atoms with Crippen LogP contribution in [0.25, 0.3) is 10.4 Å². The van der Waals surface area contributed by atoms with Crippen molar-refractivity contribution in [2.45, 2.75) is 50.9 Å². The molecule has 1 aliphatic carbocycles. The molecule has 5 atom stereocenters. The molecule has 1 saturated carbocycles. The van der Waals surface area contributed by atoms with E-state index in [1.54, 1.807) is 7.11 Å². The molecular weight excluding hydrogens is 210 g/mol. The molecule has 1 aliphatic heterocycles. The zero-order chi connectivity index (χ0) is 11.9. The highest BCUT2D eigenvalue weighted by Gasteiger charge is 2.57. The van der Waals surface area contributed by atoms with Gasteiger partial charge in [0.2, 0.25) is 0 Å². The van der Waals surface area contributed by atoms with E-state index in [1.165, 1.54) is 0 Å². The van der Waals surface area contributed by atoms with Gasteiger partial charge < -0.3 is 14.2 Å². The lowest BCUT2D eigenvalue weighted by molar-refractivity contribution is -0.170. The average Bonchev–Trinajstić information content (AvgIpc) is 2.63. The van der Waals surface area contributed by atoms with Crippen molar-refractivity contribution >= 4 is 0 Å². The summed E-state index contributed by atoms with van der Waals surface area (Å²) in [5, 5.41) is 3.78. The Kier molecular flexibility index (Phi) is 2.84. The van der Waals surface area contributed by atoms with Crippen molar-refractivity contribution in [1.82, 2.24) is 0 Å². The van der Waals surface area contributed by atoms with Gasteiger partial charge in [0.15, 0.2) is 5.79 Å². The monoisotopic (exact) mass is 227 g/mol. The van der Waals surface area contributed by atoms with Crippen molar-refractivity contribution in [3.8, 4) is 0 Å². The summed E-state index contributed by atoms with van der Waals surface area (Å²) in [6, 6.07) is -0.221. The second kappa shape index (κ2) is 3.89. The van der Waals surface area contributed by atoms with Gasteiger partial charge in [0.05, 0.1) is 18.2 Å². The SMILES string of the molecule is CO[C@H]1[C@H](N=[N+]=[N-])[C@@H](C)[C@@H]2OC(C)(C)O[C@@H]21. The zero-order valence-electron chi connectivity index (χ0n) is 9.95. The molecule has 1 saturated heterocycles. The molecule has 16 heavy (non-hydrogen) atoms. The fourth-order valence-electron chi connectivity index (χ4n) is 2.67. The summed E-state index contributed by atoms with van der Waals surface area (Å²) in [5.74, 6) is -0.477. The number of hydrogen-bond donors (Lipinski definition) is 0. The molecule has 2 rings (SSSR count). The Morgan fingerprint density at radius 2 is 1.94 bits per heavy atom. The van der Waals surface area contributed by atoms with E-state index in [2.05, 4.69) is 10.0 Å². The molecule has 0 aromatic carbocycles. The van der Waals surface area contributed by atoms with E-state index in [0.717, 1.165) is 0 Å². The van der Waals surface area contributed by atoms with E-state index in [-0.39, 0.29) is 30.3 Å². The third-order valence-electron chi connectivity index (χ3n) is 3.34. The zero-order valence-corrected chi connectivity index (χ0v) is 9.95. The van der Waals surface area contributed by atoms with Gasteiger partial charge in [-0.25, -0.2) is 0 Å². The van der Waals surface area contributed by atoms with E-state index in [4.69, 9.17) is 19.7 Å². The van der Waals surface area contributed by atoms with Gasteiger partial charge in [-0.15, -0.1) is 0 Å². The van der Waals surface area contributed by atoms with Gasteiger partial charge in [-0.2, -0.15) is 0 Å². The molecule has 2 fully saturated rings. The number of nitrogens with zero attached hydrogens (tertiary/aromatic N) is 3. The minimum atomic E-state index is -0.582. The maximum Gasteiger partial charge on any atom is 0.163 e. The van der Waals surface area contributed by atoms with Crippen LogP contribution in [0.3, 0.4) is 0 Å². The summed E-state index contributed by atoms with van der Waals surface area (Å²) in [5.41, 5.74) is 8.54. The van der Waals surface area contributed by atoms with Gasteiger partial charge in [-0.1, -0.05) is 12.0 Å². The lowest BCUT2D eigenvalue weighted by Crippen LogP contribution is -2.35. The molecule has 0 bridgehead atoms. The highest BCUT2D eigenvalue weighted by molar-refractivity contribution is 5.06. The number of azide groups is 1. The summed E-state index contributed by atoms with van der Waals surface area (Å²) >= 11 is 0. The Balaban J connectivity index is 2.24. The summed E-state index contributed by atoms with van der Waals surface area (Å²) < 4.78 is 17.0. The smallest absolute Gasteiger partial charge is 0.163 e. The molecular formula is C10H17N3O3. The number of fused-ring (bicyclic) bond motifs is 1. The Morgan fingerprint density at radius 1 is 1.31 bits per heavy atom. The molecule has 0 unspecified atom stereocenters. The Labute approximate surface area is 94.5 Å². The minimum absolute atomic E-state index is 0.0598. The van der Waals surface area contributed by atoms with E-state index < -0.39 is 5.79 Å². The molecule has 0 aromatic heterocycles. The molecule has 6 heteroatoms. The summed E-state index contributed by atoms with van der Waals surface area (Å²) in [7, 11) is 1.61. The Morgan fingerprint density at radius 3 is 2.50 bits per heavy atom. The van der Waals surface area contributed by atoms with Crippen LogP contribution < -0.4 is 0 Å². The summed E-state index contributed by atoms with van der Waals surface area (Å²) in [4.78, 5) is 2.86. The van der Waals surface area contributed by atoms with Crippen LogP contribution in [0, 0.1) is 5.92 Å². The van der Waals surface area contributed by atoms with Crippen LogP contribution in [-0.4, -0.2) is 37.3 Å². The van der Waals surface area contributed by atoms with Gasteiger partial charge >= 0.3 is 0 Å². The van der Waals surface area contributed by atoms with E-state index in [0.29, 0.717) is 0 Å². The third kappa shape index (κ3) is 1.68. The lowest BCUT2D eigenvalue weighted by Gasteiger charge is -2.25. The Bertz CT molecular complexity index is 327. The van der Waals surface area contributed by atoms with Crippen LogP contribution in [0.2, 0.25) is 0 Å². The lowest BCUT2D eigenvalue weighted by atomic mass is 10.0. The summed E-state index contributed by atoms with van der Waals surface area (Å²) in [6.45, 7) is 5.77. The van der Waals surface area contributed by atoms with Crippen LogP contribution in [0.15, 0.2) is 5.11 Å². The molecule has 2 aliphatic rings. The van der Waals surface area contributed by atoms with Crippen LogP contribution in [0.1, 0.15) is 20.8 Å². The van der Waals surface area contributed by atoms with Crippen LogP contribution >= 0.6 is 0 Å². The van der Waals surface area contributed by atoms with Gasteiger partial charge in [-0.05, 0) is 25.3 Å². The summed E-state index contributed by atoms with van der Waals surface area (Å²) in [6.07, 6.45) is -0.432. The number of hydrogen-bond acceptors (Lipinski definition) is 4. The topological polar surface area (TPSA) is 76.5 Å². The minimum Gasteiger partial charge on any atom is -0.378 e. The predicted octanol–water partition coefficient (Wildman–Crippen LogP) is 1.85. The standard InChI is InChI=1S/C10H17N3O3/c1-5-6(12-13-11)8(14-4)9-7(5)15-10(2,3)16-9/h5-9H,1-4H3/t5-,6-,7+,8+,9+/m1/s1. The van der Waals surface area contributed by atoms with Crippen molar-refractivity contribution in [1.29, 1.82) is 0 Å². The van der Waals surface area contributed by atoms with Crippen molar-refractivity contribution in [2.75, 3.05) is 7.11 Å². The molecule has 1 heterocycles. The predicted molar refractivity (Wildman–Crippen MR) is 56.7 cm³/mol. The maximum absolute atomic E-state index is 8.54. The van der Waals surface area contributed by atoms with Crippen molar-refractivity contribution in [3.63, 3.8) is 0 Å². The van der Waals surface area contributed by atoms with E-state index in [1.807, 2.05) is 20.8 Å². The molecule has 0 aromatic rings. The second-order valence-electron chi connectivity index (χ2n) is 4.82. The highest BCUT2D eigenvalue weighted by Crippen LogP contribution is 2.43. The second-order valence-corrected chi connectivity index (χ2v) is 4.82.